The molecule has 3 heterocycles. The Morgan fingerprint density at radius 1 is 1.25 bits per heavy atom. The summed E-state index contributed by atoms with van der Waals surface area (Å²) in [5.74, 6) is 0.0493. The quantitative estimate of drug-likeness (QED) is 0.716. The molecule has 0 radical (unpaired) electrons. The lowest BCUT2D eigenvalue weighted by Crippen LogP contribution is -2.32. The molecular weight excluding hydrogens is 304 g/mol. The molecule has 1 aromatic carbocycles. The van der Waals surface area contributed by atoms with E-state index in [1.54, 1.807) is 10.9 Å². The molecular formula is C17H18N6O. The van der Waals surface area contributed by atoms with Gasteiger partial charge in [-0.2, -0.15) is 5.10 Å². The number of benzene rings is 1. The molecule has 24 heavy (non-hydrogen) atoms. The van der Waals surface area contributed by atoms with Crippen LogP contribution in [0.5, 0.6) is 0 Å². The van der Waals surface area contributed by atoms with Gasteiger partial charge in [0.25, 0.3) is 0 Å². The molecule has 1 amide bonds. The lowest BCUT2D eigenvalue weighted by Gasteiger charge is -2.22. The molecule has 1 aliphatic rings. The zero-order valence-electron chi connectivity index (χ0n) is 13.7. The molecule has 0 aliphatic carbocycles. The van der Waals surface area contributed by atoms with E-state index < -0.39 is 0 Å². The highest BCUT2D eigenvalue weighted by Crippen LogP contribution is 2.27. The van der Waals surface area contributed by atoms with Gasteiger partial charge in [0.15, 0.2) is 0 Å². The SMILES string of the molecule is Cc1nn(C)cc1CC(=O)N1Cc2cnnn2Cc2ccccc21. The Balaban J connectivity index is 1.70. The second-order valence-corrected chi connectivity index (χ2v) is 6.08. The van der Waals surface area contributed by atoms with Gasteiger partial charge in [0.1, 0.15) is 0 Å². The van der Waals surface area contributed by atoms with E-state index in [4.69, 9.17) is 0 Å². The van der Waals surface area contributed by atoms with Crippen molar-refractivity contribution in [2.45, 2.75) is 26.4 Å². The van der Waals surface area contributed by atoms with Crippen LogP contribution in [0.3, 0.4) is 0 Å². The molecule has 0 saturated carbocycles. The van der Waals surface area contributed by atoms with Gasteiger partial charge in [-0.15, -0.1) is 5.10 Å². The Morgan fingerprint density at radius 2 is 2.08 bits per heavy atom. The van der Waals surface area contributed by atoms with E-state index in [2.05, 4.69) is 15.4 Å². The van der Waals surface area contributed by atoms with Crippen LogP contribution in [0.1, 0.15) is 22.5 Å². The van der Waals surface area contributed by atoms with Gasteiger partial charge < -0.3 is 4.90 Å². The highest BCUT2D eigenvalue weighted by Gasteiger charge is 2.25. The van der Waals surface area contributed by atoms with Crippen molar-refractivity contribution in [1.29, 1.82) is 0 Å². The summed E-state index contributed by atoms with van der Waals surface area (Å²) in [4.78, 5) is 14.8. The molecule has 0 N–H and O–H groups in total. The fourth-order valence-electron chi connectivity index (χ4n) is 3.15. The van der Waals surface area contributed by atoms with E-state index in [0.717, 1.165) is 28.2 Å². The van der Waals surface area contributed by atoms with Gasteiger partial charge in [-0.1, -0.05) is 23.4 Å². The molecule has 0 fully saturated rings. The number of hydrogen-bond acceptors (Lipinski definition) is 4. The fourth-order valence-corrected chi connectivity index (χ4v) is 3.15. The topological polar surface area (TPSA) is 68.8 Å². The first-order valence-corrected chi connectivity index (χ1v) is 7.86. The van der Waals surface area contributed by atoms with Gasteiger partial charge in [0, 0.05) is 24.5 Å². The Labute approximate surface area is 139 Å². The number of carbonyl (C=O) groups excluding carboxylic acids is 1. The van der Waals surface area contributed by atoms with Crippen molar-refractivity contribution >= 4 is 11.6 Å². The van der Waals surface area contributed by atoms with Crippen LogP contribution in [-0.2, 0) is 31.4 Å². The maximum absolute atomic E-state index is 13.0. The number of aromatic nitrogens is 5. The molecule has 0 bridgehead atoms. The van der Waals surface area contributed by atoms with Gasteiger partial charge in [-0.05, 0) is 18.6 Å². The van der Waals surface area contributed by atoms with Gasteiger partial charge in [-0.3, -0.25) is 9.48 Å². The number of fused-ring (bicyclic) bond motifs is 2. The van der Waals surface area contributed by atoms with Crippen LogP contribution in [-0.4, -0.2) is 30.7 Å². The van der Waals surface area contributed by atoms with E-state index in [0.29, 0.717) is 19.5 Å². The monoisotopic (exact) mass is 322 g/mol. The Morgan fingerprint density at radius 3 is 2.88 bits per heavy atom. The maximum Gasteiger partial charge on any atom is 0.231 e. The maximum atomic E-state index is 13.0. The van der Waals surface area contributed by atoms with Crippen LogP contribution < -0.4 is 4.90 Å². The Kier molecular flexibility index (Phi) is 3.41. The molecule has 0 unspecified atom stereocenters. The number of anilines is 1. The molecule has 7 nitrogen and oxygen atoms in total. The fraction of sp³-hybridized carbons (Fsp3) is 0.294. The van der Waals surface area contributed by atoms with Crippen LogP contribution in [0.25, 0.3) is 0 Å². The van der Waals surface area contributed by atoms with Crippen molar-refractivity contribution in [1.82, 2.24) is 24.8 Å². The number of nitrogens with zero attached hydrogens (tertiary/aromatic N) is 6. The summed E-state index contributed by atoms with van der Waals surface area (Å²) in [6, 6.07) is 7.96. The van der Waals surface area contributed by atoms with Crippen molar-refractivity contribution in [3.05, 3.63) is 59.2 Å². The number of aryl methyl sites for hydroxylation is 2. The summed E-state index contributed by atoms with van der Waals surface area (Å²) in [5.41, 5.74) is 4.78. The lowest BCUT2D eigenvalue weighted by molar-refractivity contribution is -0.118. The average molecular weight is 322 g/mol. The molecule has 1 aliphatic heterocycles. The second-order valence-electron chi connectivity index (χ2n) is 6.08. The van der Waals surface area contributed by atoms with Gasteiger partial charge in [0.05, 0.1) is 37.1 Å². The van der Waals surface area contributed by atoms with E-state index in [1.807, 2.05) is 54.0 Å². The summed E-state index contributed by atoms with van der Waals surface area (Å²) in [7, 11) is 1.87. The predicted octanol–water partition coefficient (Wildman–Crippen LogP) is 1.46. The molecule has 0 saturated heterocycles. The third-order valence-corrected chi connectivity index (χ3v) is 4.38. The zero-order valence-corrected chi connectivity index (χ0v) is 13.7. The van der Waals surface area contributed by atoms with E-state index in [-0.39, 0.29) is 5.91 Å². The van der Waals surface area contributed by atoms with E-state index in [1.165, 1.54) is 0 Å². The third-order valence-electron chi connectivity index (χ3n) is 4.38. The van der Waals surface area contributed by atoms with Crippen molar-refractivity contribution in [2.75, 3.05) is 4.90 Å². The first-order chi connectivity index (χ1) is 11.6. The van der Waals surface area contributed by atoms with Crippen LogP contribution in [0, 0.1) is 6.92 Å². The van der Waals surface area contributed by atoms with Crippen LogP contribution >= 0.6 is 0 Å². The second kappa shape index (κ2) is 5.59. The van der Waals surface area contributed by atoms with Gasteiger partial charge in [-0.25, -0.2) is 4.68 Å². The number of para-hydroxylation sites is 1. The Hall–Kier alpha value is -2.96. The summed E-state index contributed by atoms with van der Waals surface area (Å²) in [6.07, 6.45) is 3.96. The third kappa shape index (κ3) is 2.47. The molecule has 7 heteroatoms. The first-order valence-electron chi connectivity index (χ1n) is 7.86. The molecule has 2 aromatic heterocycles. The van der Waals surface area contributed by atoms with Crippen LogP contribution in [0.2, 0.25) is 0 Å². The molecule has 4 rings (SSSR count). The lowest BCUT2D eigenvalue weighted by atomic mass is 10.1. The summed E-state index contributed by atoms with van der Waals surface area (Å²) < 4.78 is 3.59. The normalized spacial score (nSPS) is 13.3. The van der Waals surface area contributed by atoms with Gasteiger partial charge >= 0.3 is 0 Å². The highest BCUT2D eigenvalue weighted by molar-refractivity contribution is 5.95. The smallest absolute Gasteiger partial charge is 0.231 e. The average Bonchev–Trinajstić information content (AvgIpc) is 3.07. The minimum Gasteiger partial charge on any atom is -0.306 e. The zero-order chi connectivity index (χ0) is 16.7. The van der Waals surface area contributed by atoms with Crippen molar-refractivity contribution in [3.63, 3.8) is 0 Å². The first kappa shape index (κ1) is 14.6. The minimum absolute atomic E-state index is 0.0493. The number of hydrogen-bond donors (Lipinski definition) is 0. The Bertz CT molecular complexity index is 909. The predicted molar refractivity (Wildman–Crippen MR) is 88.4 cm³/mol. The van der Waals surface area contributed by atoms with Crippen molar-refractivity contribution < 1.29 is 4.79 Å². The number of carbonyl (C=O) groups is 1. The summed E-state index contributed by atoms with van der Waals surface area (Å²) in [6.45, 7) is 3.03. The minimum atomic E-state index is 0.0493. The molecule has 3 aromatic rings. The van der Waals surface area contributed by atoms with Crippen LogP contribution in [0.15, 0.2) is 36.7 Å². The van der Waals surface area contributed by atoms with Gasteiger partial charge in [0.2, 0.25) is 5.91 Å². The molecule has 0 spiro atoms. The van der Waals surface area contributed by atoms with Crippen molar-refractivity contribution in [2.24, 2.45) is 7.05 Å². The number of amides is 1. The highest BCUT2D eigenvalue weighted by atomic mass is 16.2. The van der Waals surface area contributed by atoms with E-state index in [9.17, 15) is 4.79 Å². The standard InChI is InChI=1S/C17H18N6O/c1-12-14(9-21(2)19-12)7-17(24)22-11-15-8-18-20-23(15)10-13-5-3-4-6-16(13)22/h3-6,8-9H,7,10-11H2,1-2H3. The van der Waals surface area contributed by atoms with Crippen molar-refractivity contribution in [3.8, 4) is 0 Å². The summed E-state index contributed by atoms with van der Waals surface area (Å²) >= 11 is 0. The van der Waals surface area contributed by atoms with E-state index >= 15 is 0 Å². The largest absolute Gasteiger partial charge is 0.306 e. The van der Waals surface area contributed by atoms with Crippen LogP contribution in [0.4, 0.5) is 5.69 Å². The molecule has 0 atom stereocenters. The summed E-state index contributed by atoms with van der Waals surface area (Å²) in [5, 5.41) is 12.4. The number of rotatable bonds is 2. The molecule has 122 valence electrons.